The van der Waals surface area contributed by atoms with Crippen LogP contribution in [-0.2, 0) is 11.8 Å². The standard InChI is InChI=1S/C13H12Br2N4O3S/c1-19-6-7(14)4-8(19)12(21)18-17-11(20)5-16-13(22)9-2-3-10(15)23-9/h2-4,6H,5H2,1H3,(H,16,22)(H,17,20)(H,18,21). The second-order valence-corrected chi connectivity index (χ2v) is 7.82. The van der Waals surface area contributed by atoms with E-state index in [0.29, 0.717) is 10.6 Å². The molecule has 2 heterocycles. The van der Waals surface area contributed by atoms with Crippen LogP contribution in [0.2, 0.25) is 0 Å². The Bertz CT molecular complexity index is 756. The average molecular weight is 464 g/mol. The highest BCUT2D eigenvalue weighted by Crippen LogP contribution is 2.21. The Morgan fingerprint density at radius 1 is 1.17 bits per heavy atom. The van der Waals surface area contributed by atoms with Crippen LogP contribution in [0.15, 0.2) is 32.7 Å². The minimum Gasteiger partial charge on any atom is -0.345 e. The van der Waals surface area contributed by atoms with Crippen molar-refractivity contribution in [2.24, 2.45) is 7.05 Å². The molecule has 2 aromatic rings. The number of carbonyl (C=O) groups excluding carboxylic acids is 3. The van der Waals surface area contributed by atoms with Gasteiger partial charge >= 0.3 is 0 Å². The van der Waals surface area contributed by atoms with E-state index in [0.717, 1.165) is 8.26 Å². The van der Waals surface area contributed by atoms with Gasteiger partial charge in [-0.15, -0.1) is 11.3 Å². The molecular formula is C13H12Br2N4O3S. The molecule has 0 spiro atoms. The van der Waals surface area contributed by atoms with Crippen molar-refractivity contribution in [1.82, 2.24) is 20.7 Å². The second-order valence-electron chi connectivity index (χ2n) is 4.44. The normalized spacial score (nSPS) is 10.2. The third kappa shape index (κ3) is 4.91. The summed E-state index contributed by atoms with van der Waals surface area (Å²) in [4.78, 5) is 35.8. The van der Waals surface area contributed by atoms with E-state index in [2.05, 4.69) is 48.0 Å². The zero-order chi connectivity index (χ0) is 17.0. The second kappa shape index (κ2) is 7.75. The van der Waals surface area contributed by atoms with Crippen molar-refractivity contribution >= 4 is 60.9 Å². The van der Waals surface area contributed by atoms with E-state index in [1.807, 2.05) is 0 Å². The van der Waals surface area contributed by atoms with E-state index in [-0.39, 0.29) is 12.5 Å². The molecule has 0 fully saturated rings. The van der Waals surface area contributed by atoms with Gasteiger partial charge < -0.3 is 9.88 Å². The minimum absolute atomic E-state index is 0.245. The molecular weight excluding hydrogens is 452 g/mol. The zero-order valence-corrected chi connectivity index (χ0v) is 15.8. The van der Waals surface area contributed by atoms with Crippen LogP contribution >= 0.6 is 43.2 Å². The third-order valence-corrected chi connectivity index (χ3v) is 4.78. The summed E-state index contributed by atoms with van der Waals surface area (Å²) in [5, 5.41) is 2.47. The molecule has 0 radical (unpaired) electrons. The van der Waals surface area contributed by atoms with Crippen molar-refractivity contribution < 1.29 is 14.4 Å². The molecule has 0 saturated carbocycles. The Hall–Kier alpha value is -1.65. The van der Waals surface area contributed by atoms with Crippen molar-refractivity contribution in [3.8, 4) is 0 Å². The first kappa shape index (κ1) is 17.7. The molecule has 0 aromatic carbocycles. The number of amides is 3. The summed E-state index contributed by atoms with van der Waals surface area (Å²) in [5.74, 6) is -1.34. The Kier molecular flexibility index (Phi) is 5.97. The van der Waals surface area contributed by atoms with Crippen LogP contribution in [-0.4, -0.2) is 28.8 Å². The highest BCUT2D eigenvalue weighted by Gasteiger charge is 2.13. The topological polar surface area (TPSA) is 92.2 Å². The molecule has 2 rings (SSSR count). The first-order chi connectivity index (χ1) is 10.9. The van der Waals surface area contributed by atoms with Gasteiger partial charge in [0.25, 0.3) is 17.7 Å². The predicted octanol–water partition coefficient (Wildman–Crippen LogP) is 1.80. The van der Waals surface area contributed by atoms with Gasteiger partial charge in [-0.1, -0.05) is 0 Å². The van der Waals surface area contributed by atoms with Crippen LogP contribution < -0.4 is 16.2 Å². The number of nitrogens with one attached hydrogen (secondary N) is 3. The van der Waals surface area contributed by atoms with Crippen LogP contribution in [0.3, 0.4) is 0 Å². The molecule has 0 aliphatic carbocycles. The molecule has 3 N–H and O–H groups in total. The number of aromatic nitrogens is 1. The van der Waals surface area contributed by atoms with Crippen LogP contribution in [0.25, 0.3) is 0 Å². The molecule has 7 nitrogen and oxygen atoms in total. The summed E-state index contributed by atoms with van der Waals surface area (Å²) in [6.45, 7) is -0.245. The molecule has 0 unspecified atom stereocenters. The average Bonchev–Trinajstić information content (AvgIpc) is 3.07. The van der Waals surface area contributed by atoms with Gasteiger partial charge in [-0.25, -0.2) is 0 Å². The first-order valence-corrected chi connectivity index (χ1v) is 8.71. The quantitative estimate of drug-likeness (QED) is 0.603. The van der Waals surface area contributed by atoms with Crippen molar-refractivity contribution in [3.05, 3.63) is 43.2 Å². The van der Waals surface area contributed by atoms with Gasteiger partial charge in [0.15, 0.2) is 0 Å². The predicted molar refractivity (Wildman–Crippen MR) is 93.1 cm³/mol. The van der Waals surface area contributed by atoms with E-state index < -0.39 is 11.8 Å². The van der Waals surface area contributed by atoms with E-state index in [1.165, 1.54) is 11.3 Å². The van der Waals surface area contributed by atoms with Crippen LogP contribution in [0.5, 0.6) is 0 Å². The third-order valence-electron chi connectivity index (χ3n) is 2.73. The lowest BCUT2D eigenvalue weighted by Crippen LogP contribution is -2.46. The minimum atomic E-state index is -0.532. The SMILES string of the molecule is Cn1cc(Br)cc1C(=O)NNC(=O)CNC(=O)c1ccc(Br)s1. The van der Waals surface area contributed by atoms with Crippen LogP contribution in [0.1, 0.15) is 20.2 Å². The Labute approximate surface area is 152 Å². The number of halogens is 2. The maximum atomic E-state index is 11.9. The van der Waals surface area contributed by atoms with E-state index in [1.54, 1.807) is 36.0 Å². The molecule has 23 heavy (non-hydrogen) atoms. The van der Waals surface area contributed by atoms with Gasteiger partial charge in [0.1, 0.15) is 5.69 Å². The Morgan fingerprint density at radius 3 is 2.48 bits per heavy atom. The van der Waals surface area contributed by atoms with Gasteiger partial charge in [-0.05, 0) is 50.1 Å². The molecule has 10 heteroatoms. The number of thiophene rings is 1. The van der Waals surface area contributed by atoms with Gasteiger partial charge in [0, 0.05) is 17.7 Å². The summed E-state index contributed by atoms with van der Waals surface area (Å²) < 4.78 is 3.20. The number of hydrogen-bond acceptors (Lipinski definition) is 4. The molecule has 122 valence electrons. The lowest BCUT2D eigenvalue weighted by molar-refractivity contribution is -0.120. The van der Waals surface area contributed by atoms with Gasteiger partial charge in [0.05, 0.1) is 15.2 Å². The van der Waals surface area contributed by atoms with Crippen LogP contribution in [0, 0.1) is 0 Å². The number of aryl methyl sites for hydroxylation is 1. The smallest absolute Gasteiger partial charge is 0.286 e. The van der Waals surface area contributed by atoms with Crippen molar-refractivity contribution in [2.75, 3.05) is 6.54 Å². The van der Waals surface area contributed by atoms with Gasteiger partial charge in [-0.2, -0.15) is 0 Å². The fourth-order valence-corrected chi connectivity index (χ4v) is 3.50. The number of hydrogen-bond donors (Lipinski definition) is 3. The highest BCUT2D eigenvalue weighted by molar-refractivity contribution is 9.11. The molecule has 0 atom stereocenters. The van der Waals surface area contributed by atoms with Gasteiger partial charge in [-0.3, -0.25) is 25.2 Å². The summed E-state index contributed by atoms with van der Waals surface area (Å²) in [6, 6.07) is 5.02. The first-order valence-electron chi connectivity index (χ1n) is 6.31. The largest absolute Gasteiger partial charge is 0.345 e. The van der Waals surface area contributed by atoms with E-state index in [4.69, 9.17) is 0 Å². The van der Waals surface area contributed by atoms with Crippen molar-refractivity contribution in [1.29, 1.82) is 0 Å². The fraction of sp³-hybridized carbons (Fsp3) is 0.154. The molecule has 0 aliphatic rings. The lowest BCUT2D eigenvalue weighted by Gasteiger charge is -2.08. The monoisotopic (exact) mass is 462 g/mol. The van der Waals surface area contributed by atoms with E-state index >= 15 is 0 Å². The number of nitrogens with zero attached hydrogens (tertiary/aromatic N) is 1. The van der Waals surface area contributed by atoms with Crippen molar-refractivity contribution in [3.63, 3.8) is 0 Å². The summed E-state index contributed by atoms with van der Waals surface area (Å²) in [6.07, 6.45) is 1.72. The maximum Gasteiger partial charge on any atom is 0.286 e. The van der Waals surface area contributed by atoms with E-state index in [9.17, 15) is 14.4 Å². The molecule has 3 amide bonds. The molecule has 2 aromatic heterocycles. The fourth-order valence-electron chi connectivity index (χ4n) is 1.67. The Balaban J connectivity index is 1.78. The van der Waals surface area contributed by atoms with Crippen LogP contribution in [0.4, 0.5) is 0 Å². The Morgan fingerprint density at radius 2 is 1.91 bits per heavy atom. The number of rotatable bonds is 4. The molecule has 0 aliphatic heterocycles. The summed E-state index contributed by atoms with van der Waals surface area (Å²) >= 11 is 7.78. The number of hydrazine groups is 1. The lowest BCUT2D eigenvalue weighted by atomic mass is 10.4. The van der Waals surface area contributed by atoms with Gasteiger partial charge in [0.2, 0.25) is 0 Å². The summed E-state index contributed by atoms with van der Waals surface area (Å²) in [7, 11) is 1.71. The zero-order valence-electron chi connectivity index (χ0n) is 11.9. The maximum absolute atomic E-state index is 11.9. The number of carbonyl (C=O) groups is 3. The molecule has 0 bridgehead atoms. The van der Waals surface area contributed by atoms with Crippen molar-refractivity contribution in [2.45, 2.75) is 0 Å². The highest BCUT2D eigenvalue weighted by atomic mass is 79.9. The molecule has 0 saturated heterocycles. The summed E-state index contributed by atoms with van der Waals surface area (Å²) in [5.41, 5.74) is 4.91.